The summed E-state index contributed by atoms with van der Waals surface area (Å²) >= 11 is 0. The second-order valence-corrected chi connectivity index (χ2v) is 6.03. The van der Waals surface area contributed by atoms with Crippen LogP contribution in [-0.2, 0) is 16.6 Å². The fourth-order valence-electron chi connectivity index (χ4n) is 1.78. The number of rotatable bonds is 5. The first kappa shape index (κ1) is 9.33. The van der Waals surface area contributed by atoms with E-state index in [0.717, 1.165) is 0 Å². The number of H-pyrrole nitrogens is 1. The number of para-hydroxylation sites is 2. The number of nitrogens with one attached hydrogen (secondary N) is 1. The van der Waals surface area contributed by atoms with Gasteiger partial charge in [0.15, 0.2) is 11.8 Å². The van der Waals surface area contributed by atoms with Crippen LogP contribution in [0.3, 0.4) is 0 Å². The Hall–Kier alpha value is -2.42. The third-order valence-electron chi connectivity index (χ3n) is 2.85. The van der Waals surface area contributed by atoms with Crippen LogP contribution in [0.1, 0.15) is 23.6 Å². The predicted molar refractivity (Wildman–Crippen MR) is 86.7 cm³/mol. The van der Waals surface area contributed by atoms with Gasteiger partial charge < -0.3 is 9.72 Å². The van der Waals surface area contributed by atoms with E-state index in [9.17, 15) is 17.4 Å². The molecule has 0 saturated heterocycles. The number of pyridine rings is 1. The van der Waals surface area contributed by atoms with Gasteiger partial charge in [0.05, 0.1) is 41.5 Å². The van der Waals surface area contributed by atoms with Crippen molar-refractivity contribution in [2.24, 2.45) is 0 Å². The SMILES string of the molecule is [2H]c1nc(CS(=O)c2nc3c([2H])c([2H])c([2H])c([2H])c3[nH]2)c(C([2H])([2H])[2H])c(OCC(F)(F)F)c1[2H]. The molecule has 3 aromatic rings. The molecule has 132 valence electrons. The number of halogens is 3. The smallest absolute Gasteiger partial charge is 0.422 e. The van der Waals surface area contributed by atoms with Gasteiger partial charge in [-0.3, -0.25) is 9.19 Å². The van der Waals surface area contributed by atoms with E-state index in [2.05, 4.69) is 19.7 Å². The van der Waals surface area contributed by atoms with Gasteiger partial charge in [0.2, 0.25) is 0 Å². The molecule has 9 heteroatoms. The van der Waals surface area contributed by atoms with E-state index < -0.39 is 89.6 Å². The zero-order valence-electron chi connectivity index (χ0n) is 21.2. The Morgan fingerprint density at radius 3 is 2.92 bits per heavy atom. The predicted octanol–water partition coefficient (Wildman–Crippen LogP) is 3.52. The molecule has 0 bridgehead atoms. The maximum atomic E-state index is 12.9. The Morgan fingerprint density at radius 2 is 2.16 bits per heavy atom. The van der Waals surface area contributed by atoms with Crippen LogP contribution in [0.4, 0.5) is 13.2 Å². The molecule has 1 atom stereocenters. The van der Waals surface area contributed by atoms with Crippen molar-refractivity contribution in [2.45, 2.75) is 23.9 Å². The van der Waals surface area contributed by atoms with Crippen LogP contribution in [0.15, 0.2) is 41.5 Å². The van der Waals surface area contributed by atoms with Gasteiger partial charge in [-0.2, -0.15) is 13.2 Å². The molecule has 0 fully saturated rings. The summed E-state index contributed by atoms with van der Waals surface area (Å²) in [7, 11) is -2.28. The van der Waals surface area contributed by atoms with E-state index in [1.54, 1.807) is 0 Å². The average molecular weight is 378 g/mol. The molecule has 3 rings (SSSR count). The van der Waals surface area contributed by atoms with E-state index in [1.165, 1.54) is 0 Å². The summed E-state index contributed by atoms with van der Waals surface area (Å²) in [6, 6.07) is -3.13. The van der Waals surface area contributed by atoms with Gasteiger partial charge in [-0.25, -0.2) is 4.98 Å². The number of nitrogens with zero attached hydrogens (tertiary/aromatic N) is 2. The van der Waals surface area contributed by atoms with Crippen molar-refractivity contribution < 1.29 is 34.5 Å². The molecule has 0 saturated carbocycles. The minimum Gasteiger partial charge on any atom is -0.484 e. The van der Waals surface area contributed by atoms with Crippen LogP contribution in [0.2, 0.25) is 0 Å². The first-order valence-corrected chi connectivity index (χ1v) is 7.89. The van der Waals surface area contributed by atoms with Crippen LogP contribution < -0.4 is 4.74 Å². The fraction of sp³-hybridized carbons (Fsp3) is 0.250. The summed E-state index contributed by atoms with van der Waals surface area (Å²) in [6.07, 6.45) is -5.77. The van der Waals surface area contributed by atoms with E-state index in [-0.39, 0.29) is 16.2 Å². The summed E-state index contributed by atoms with van der Waals surface area (Å²) in [5, 5.41) is -0.375. The highest BCUT2D eigenvalue weighted by Crippen LogP contribution is 2.24. The Morgan fingerprint density at radius 1 is 1.36 bits per heavy atom. The Labute approximate surface area is 156 Å². The lowest BCUT2D eigenvalue weighted by atomic mass is 10.2. The molecule has 1 unspecified atom stereocenters. The minimum atomic E-state index is -4.86. The van der Waals surface area contributed by atoms with E-state index in [0.29, 0.717) is 0 Å². The van der Waals surface area contributed by atoms with E-state index >= 15 is 0 Å². The van der Waals surface area contributed by atoms with Crippen LogP contribution in [0.25, 0.3) is 11.0 Å². The Balaban J connectivity index is 2.10. The lowest BCUT2D eigenvalue weighted by molar-refractivity contribution is -0.153. The lowest BCUT2D eigenvalue weighted by Crippen LogP contribution is -2.19. The van der Waals surface area contributed by atoms with Crippen molar-refractivity contribution in [3.8, 4) is 5.75 Å². The zero-order valence-corrected chi connectivity index (χ0v) is 13.0. The third kappa shape index (κ3) is 4.16. The van der Waals surface area contributed by atoms with Crippen molar-refractivity contribution in [3.05, 3.63) is 47.6 Å². The molecular formula is C16H14F3N3O2S. The third-order valence-corrected chi connectivity index (χ3v) is 4.01. The molecular weight excluding hydrogens is 355 g/mol. The monoisotopic (exact) mass is 378 g/mol. The maximum Gasteiger partial charge on any atom is 0.422 e. The van der Waals surface area contributed by atoms with Crippen LogP contribution in [0, 0.1) is 6.85 Å². The lowest BCUT2D eigenvalue weighted by Gasteiger charge is -2.13. The van der Waals surface area contributed by atoms with Crippen LogP contribution in [0.5, 0.6) is 5.75 Å². The number of hydrogen-bond acceptors (Lipinski definition) is 4. The van der Waals surface area contributed by atoms with Crippen molar-refractivity contribution in [1.82, 2.24) is 15.0 Å². The standard InChI is InChI=1S/C16H14F3N3O2S/c1-10-13(20-7-6-14(10)24-9-16(17,18)19)8-25(23)15-21-11-4-2-3-5-12(11)22-15/h2-7H,8-9H2,1H3,(H,21,22)/i1D3,2D,3D,4D,5D,6D,7D. The topological polar surface area (TPSA) is 67.9 Å². The summed E-state index contributed by atoms with van der Waals surface area (Å²) in [6.45, 7) is -5.07. The number of benzene rings is 1. The van der Waals surface area contributed by atoms with Gasteiger partial charge in [-0.15, -0.1) is 0 Å². The largest absolute Gasteiger partial charge is 0.484 e. The number of aromatic amines is 1. The highest BCUT2D eigenvalue weighted by molar-refractivity contribution is 7.84. The number of imidazole rings is 1. The molecule has 0 amide bonds. The highest BCUT2D eigenvalue weighted by atomic mass is 32.2. The number of aromatic nitrogens is 3. The Bertz CT molecular complexity index is 1270. The van der Waals surface area contributed by atoms with Crippen molar-refractivity contribution in [1.29, 1.82) is 0 Å². The van der Waals surface area contributed by atoms with Gasteiger partial charge in [0.25, 0.3) is 0 Å². The molecule has 2 aromatic heterocycles. The second kappa shape index (κ2) is 6.83. The Kier molecular flexibility index (Phi) is 2.55. The molecule has 0 radical (unpaired) electrons. The average Bonchev–Trinajstić information content (AvgIpc) is 3.16. The number of alkyl halides is 3. The molecule has 2 heterocycles. The van der Waals surface area contributed by atoms with Gasteiger partial charge in [0, 0.05) is 15.8 Å². The van der Waals surface area contributed by atoms with Gasteiger partial charge in [0.1, 0.15) is 5.75 Å². The number of hydrogen-bond donors (Lipinski definition) is 1. The van der Waals surface area contributed by atoms with E-state index in [1.807, 2.05) is 0 Å². The van der Waals surface area contributed by atoms with Gasteiger partial charge >= 0.3 is 6.18 Å². The van der Waals surface area contributed by atoms with Gasteiger partial charge in [-0.1, -0.05) is 12.1 Å². The summed E-state index contributed by atoms with van der Waals surface area (Å²) in [5.74, 6) is -1.81. The maximum absolute atomic E-state index is 12.9. The molecule has 0 aliphatic carbocycles. The van der Waals surface area contributed by atoms with Gasteiger partial charge in [-0.05, 0) is 25.0 Å². The normalized spacial score (nSPS) is 18.8. The van der Waals surface area contributed by atoms with Crippen LogP contribution in [-0.4, -0.2) is 31.9 Å². The molecule has 0 aliphatic heterocycles. The molecule has 1 N–H and O–H groups in total. The molecule has 25 heavy (non-hydrogen) atoms. The minimum absolute atomic E-state index is 0.157. The molecule has 5 nitrogen and oxygen atoms in total. The molecule has 0 aliphatic rings. The first-order valence-electron chi connectivity index (χ1n) is 11.1. The van der Waals surface area contributed by atoms with Crippen molar-refractivity contribution in [2.75, 3.05) is 6.61 Å². The van der Waals surface area contributed by atoms with Crippen molar-refractivity contribution >= 4 is 21.8 Å². The van der Waals surface area contributed by atoms with Crippen LogP contribution >= 0.6 is 0 Å². The number of ether oxygens (including phenoxy) is 1. The highest BCUT2D eigenvalue weighted by Gasteiger charge is 2.29. The molecule has 1 aromatic carbocycles. The first-order chi connectivity index (χ1) is 15.5. The van der Waals surface area contributed by atoms with E-state index in [4.69, 9.17) is 12.3 Å². The second-order valence-electron chi connectivity index (χ2n) is 4.66. The zero-order chi connectivity index (χ0) is 25.7. The quantitative estimate of drug-likeness (QED) is 0.738. The fourth-order valence-corrected chi connectivity index (χ4v) is 2.78. The summed E-state index contributed by atoms with van der Waals surface area (Å²) in [4.78, 5) is 9.99. The van der Waals surface area contributed by atoms with Crippen molar-refractivity contribution in [3.63, 3.8) is 0 Å². The number of fused-ring (bicyclic) bond motifs is 1. The summed E-state index contributed by atoms with van der Waals surface area (Å²) in [5.41, 5.74) is -1.88. The molecule has 0 spiro atoms. The summed E-state index contributed by atoms with van der Waals surface area (Å²) < 4.78 is 125.